The molecule has 0 aliphatic carbocycles. The third-order valence-electron chi connectivity index (χ3n) is 3.70. The van der Waals surface area contributed by atoms with Crippen LogP contribution in [0.2, 0.25) is 0 Å². The number of carbonyl (C=O) groups excluding carboxylic acids is 1. The molecule has 7 heteroatoms. The van der Waals surface area contributed by atoms with E-state index >= 15 is 0 Å². The maximum absolute atomic E-state index is 12.6. The Labute approximate surface area is 140 Å². The van der Waals surface area contributed by atoms with Crippen LogP contribution < -0.4 is 14.8 Å². The summed E-state index contributed by atoms with van der Waals surface area (Å²) in [5.41, 5.74) is 2.22. The van der Waals surface area contributed by atoms with Crippen molar-refractivity contribution in [3.63, 3.8) is 0 Å². The number of ether oxygens (including phenoxy) is 1. The van der Waals surface area contributed by atoms with E-state index < -0.39 is 10.0 Å². The third-order valence-corrected chi connectivity index (χ3v) is 5.12. The molecule has 0 aromatic heterocycles. The molecule has 0 spiro atoms. The summed E-state index contributed by atoms with van der Waals surface area (Å²) in [6.07, 6.45) is 1.69. The van der Waals surface area contributed by atoms with Crippen molar-refractivity contribution in [1.29, 1.82) is 0 Å². The van der Waals surface area contributed by atoms with Crippen molar-refractivity contribution < 1.29 is 17.9 Å². The van der Waals surface area contributed by atoms with Crippen LogP contribution in [0.1, 0.15) is 12.5 Å². The second kappa shape index (κ2) is 6.01. The van der Waals surface area contributed by atoms with Crippen molar-refractivity contribution in [1.82, 2.24) is 0 Å². The molecule has 24 heavy (non-hydrogen) atoms. The van der Waals surface area contributed by atoms with E-state index in [1.54, 1.807) is 49.4 Å². The van der Waals surface area contributed by atoms with Gasteiger partial charge in [-0.1, -0.05) is 18.2 Å². The Kier molecular flexibility index (Phi) is 4.02. The fourth-order valence-corrected chi connectivity index (χ4v) is 3.81. The van der Waals surface area contributed by atoms with E-state index in [1.807, 2.05) is 0 Å². The largest absolute Gasteiger partial charge is 0.495 e. The second-order valence-electron chi connectivity index (χ2n) is 5.17. The number of amides is 1. The van der Waals surface area contributed by atoms with Gasteiger partial charge in [0.05, 0.1) is 7.11 Å². The smallest absolute Gasteiger partial charge is 0.265 e. The predicted molar refractivity (Wildman–Crippen MR) is 92.5 cm³/mol. The molecule has 1 heterocycles. The number of rotatable bonds is 4. The SMILES string of the molecule is C/C=C1\C(=O)Nc2ccc(NS(=O)(=O)c3ccccc3OC)cc21. The van der Waals surface area contributed by atoms with Crippen LogP contribution in [0, 0.1) is 0 Å². The lowest BCUT2D eigenvalue weighted by Crippen LogP contribution is -2.14. The first-order valence-corrected chi connectivity index (χ1v) is 8.72. The summed E-state index contributed by atoms with van der Waals surface area (Å²) in [7, 11) is -2.40. The Bertz CT molecular complexity index is 949. The molecule has 0 saturated heterocycles. The van der Waals surface area contributed by atoms with Gasteiger partial charge < -0.3 is 10.1 Å². The van der Waals surface area contributed by atoms with Crippen LogP contribution in [-0.2, 0) is 14.8 Å². The number of carbonyl (C=O) groups is 1. The summed E-state index contributed by atoms with van der Waals surface area (Å²) in [5.74, 6) is 0.0642. The third kappa shape index (κ3) is 2.74. The highest BCUT2D eigenvalue weighted by Crippen LogP contribution is 2.34. The Hall–Kier alpha value is -2.80. The molecule has 124 valence electrons. The number of allylic oxidation sites excluding steroid dienone is 1. The average molecular weight is 344 g/mol. The molecule has 2 aromatic rings. The van der Waals surface area contributed by atoms with E-state index in [2.05, 4.69) is 10.0 Å². The van der Waals surface area contributed by atoms with Gasteiger partial charge in [-0.05, 0) is 37.3 Å². The standard InChI is InChI=1S/C17H16N2O4S/c1-3-12-13-10-11(8-9-14(13)18-17(12)20)19-24(21,22)16-7-5-4-6-15(16)23-2/h3-10,19H,1-2H3,(H,18,20)/b12-3-. The fraction of sp³-hybridized carbons (Fsp3) is 0.118. The number of anilines is 2. The maximum atomic E-state index is 12.6. The highest BCUT2D eigenvalue weighted by Gasteiger charge is 2.25. The molecule has 3 rings (SSSR count). The molecule has 0 radical (unpaired) electrons. The molecule has 1 aliphatic rings. The van der Waals surface area contributed by atoms with Crippen molar-refractivity contribution in [2.24, 2.45) is 0 Å². The number of benzene rings is 2. The van der Waals surface area contributed by atoms with E-state index in [4.69, 9.17) is 4.74 Å². The van der Waals surface area contributed by atoms with Crippen LogP contribution in [0.15, 0.2) is 53.4 Å². The van der Waals surface area contributed by atoms with Crippen molar-refractivity contribution in [2.75, 3.05) is 17.1 Å². The number of hydrogen-bond donors (Lipinski definition) is 2. The molecule has 0 atom stereocenters. The summed E-state index contributed by atoms with van der Waals surface area (Å²) in [6, 6.07) is 11.3. The van der Waals surface area contributed by atoms with Gasteiger partial charge in [0.25, 0.3) is 15.9 Å². The number of fused-ring (bicyclic) bond motifs is 1. The van der Waals surface area contributed by atoms with Crippen LogP contribution in [-0.4, -0.2) is 21.4 Å². The van der Waals surface area contributed by atoms with Gasteiger partial charge >= 0.3 is 0 Å². The monoisotopic (exact) mass is 344 g/mol. The van der Waals surface area contributed by atoms with E-state index in [0.29, 0.717) is 22.5 Å². The first-order chi connectivity index (χ1) is 11.5. The highest BCUT2D eigenvalue weighted by atomic mass is 32.2. The Balaban J connectivity index is 1.98. The number of hydrogen-bond acceptors (Lipinski definition) is 4. The number of para-hydroxylation sites is 1. The minimum absolute atomic E-state index is 0.0495. The van der Waals surface area contributed by atoms with E-state index in [9.17, 15) is 13.2 Å². The van der Waals surface area contributed by atoms with Crippen LogP contribution in [0.3, 0.4) is 0 Å². The molecule has 0 saturated carbocycles. The Morgan fingerprint density at radius 3 is 2.62 bits per heavy atom. The minimum atomic E-state index is -3.81. The molecular weight excluding hydrogens is 328 g/mol. The Morgan fingerprint density at radius 1 is 1.17 bits per heavy atom. The van der Waals surface area contributed by atoms with Gasteiger partial charge in [0.15, 0.2) is 0 Å². The predicted octanol–water partition coefficient (Wildman–Crippen LogP) is 2.85. The topological polar surface area (TPSA) is 84.5 Å². The van der Waals surface area contributed by atoms with Gasteiger partial charge in [-0.15, -0.1) is 0 Å². The zero-order chi connectivity index (χ0) is 17.3. The summed E-state index contributed by atoms with van der Waals surface area (Å²) < 4.78 is 32.9. The summed E-state index contributed by atoms with van der Waals surface area (Å²) in [4.78, 5) is 11.9. The van der Waals surface area contributed by atoms with Gasteiger partial charge in [0.1, 0.15) is 10.6 Å². The summed E-state index contributed by atoms with van der Waals surface area (Å²) in [5, 5.41) is 2.73. The van der Waals surface area contributed by atoms with Gasteiger partial charge in [0.2, 0.25) is 0 Å². The normalized spacial score (nSPS) is 15.1. The Morgan fingerprint density at radius 2 is 1.92 bits per heavy atom. The number of methoxy groups -OCH3 is 1. The lowest BCUT2D eigenvalue weighted by Gasteiger charge is -2.12. The minimum Gasteiger partial charge on any atom is -0.495 e. The molecule has 1 amide bonds. The van der Waals surface area contributed by atoms with Crippen molar-refractivity contribution in [3.8, 4) is 5.75 Å². The second-order valence-corrected chi connectivity index (χ2v) is 6.82. The lowest BCUT2D eigenvalue weighted by atomic mass is 10.1. The maximum Gasteiger partial charge on any atom is 0.265 e. The molecular formula is C17H16N2O4S. The van der Waals surface area contributed by atoms with Gasteiger partial charge in [0, 0.05) is 22.5 Å². The lowest BCUT2D eigenvalue weighted by molar-refractivity contribution is -0.110. The van der Waals surface area contributed by atoms with Crippen molar-refractivity contribution >= 4 is 32.9 Å². The number of sulfonamides is 1. The zero-order valence-corrected chi connectivity index (χ0v) is 14.0. The molecule has 0 bridgehead atoms. The summed E-state index contributed by atoms with van der Waals surface area (Å²) in [6.45, 7) is 1.76. The molecule has 2 aromatic carbocycles. The summed E-state index contributed by atoms with van der Waals surface area (Å²) >= 11 is 0. The van der Waals surface area contributed by atoms with Gasteiger partial charge in [-0.25, -0.2) is 8.42 Å². The van der Waals surface area contributed by atoms with Crippen LogP contribution in [0.4, 0.5) is 11.4 Å². The average Bonchev–Trinajstić information content (AvgIpc) is 2.88. The highest BCUT2D eigenvalue weighted by molar-refractivity contribution is 7.92. The van der Waals surface area contributed by atoms with Crippen molar-refractivity contribution in [2.45, 2.75) is 11.8 Å². The molecule has 2 N–H and O–H groups in total. The van der Waals surface area contributed by atoms with Gasteiger partial charge in [-0.3, -0.25) is 9.52 Å². The molecule has 0 unspecified atom stereocenters. The van der Waals surface area contributed by atoms with Gasteiger partial charge in [-0.2, -0.15) is 0 Å². The zero-order valence-electron chi connectivity index (χ0n) is 13.2. The molecule has 6 nitrogen and oxygen atoms in total. The van der Waals surface area contributed by atoms with E-state index in [1.165, 1.54) is 13.2 Å². The first-order valence-electron chi connectivity index (χ1n) is 7.24. The van der Waals surface area contributed by atoms with E-state index in [-0.39, 0.29) is 16.6 Å². The van der Waals surface area contributed by atoms with Crippen LogP contribution in [0.5, 0.6) is 5.75 Å². The first kappa shape index (κ1) is 16.1. The quantitative estimate of drug-likeness (QED) is 0.835. The number of nitrogens with one attached hydrogen (secondary N) is 2. The molecule has 0 fully saturated rings. The fourth-order valence-electron chi connectivity index (χ4n) is 2.59. The van der Waals surface area contributed by atoms with E-state index in [0.717, 1.165) is 0 Å². The van der Waals surface area contributed by atoms with Crippen molar-refractivity contribution in [3.05, 3.63) is 54.1 Å². The van der Waals surface area contributed by atoms with Crippen LogP contribution >= 0.6 is 0 Å². The molecule has 1 aliphatic heterocycles. The van der Waals surface area contributed by atoms with Crippen LogP contribution in [0.25, 0.3) is 5.57 Å².